The van der Waals surface area contributed by atoms with Crippen molar-refractivity contribution in [2.45, 2.75) is 32.7 Å². The van der Waals surface area contributed by atoms with Gasteiger partial charge in [0.15, 0.2) is 0 Å². The Bertz CT molecular complexity index is 614. The molecule has 0 saturated heterocycles. The van der Waals surface area contributed by atoms with Crippen LogP contribution in [0, 0.1) is 12.9 Å². The summed E-state index contributed by atoms with van der Waals surface area (Å²) in [5, 5.41) is 10.7. The Balaban J connectivity index is 1.89. The van der Waals surface area contributed by atoms with Gasteiger partial charge in [-0.15, -0.1) is 0 Å². The van der Waals surface area contributed by atoms with Crippen molar-refractivity contribution in [3.05, 3.63) is 35.2 Å². The number of hydrogen-bond acceptors (Lipinski definition) is 3. The van der Waals surface area contributed by atoms with Gasteiger partial charge in [-0.25, -0.2) is 4.68 Å². The Hall–Kier alpha value is -1.90. The topological polar surface area (TPSA) is 47.7 Å². The maximum Gasteiger partial charge on any atom is 0.408 e. The fourth-order valence-electron chi connectivity index (χ4n) is 1.96. The quantitative estimate of drug-likeness (QED) is 0.859. The van der Waals surface area contributed by atoms with Crippen LogP contribution < -0.4 is 5.32 Å². The van der Waals surface area contributed by atoms with Gasteiger partial charge in [-0.1, -0.05) is 0 Å². The molecule has 1 N–H and O–H groups in total. The second kappa shape index (κ2) is 5.84. The minimum absolute atomic E-state index is 0.234. The third-order valence-electron chi connectivity index (χ3n) is 2.91. The van der Waals surface area contributed by atoms with Crippen LogP contribution >= 0.6 is 0 Å². The van der Waals surface area contributed by atoms with E-state index in [0.717, 1.165) is 9.36 Å². The number of aromatic nitrogens is 4. The van der Waals surface area contributed by atoms with Crippen LogP contribution in [-0.2, 0) is 26.7 Å². The normalized spacial score (nSPS) is 12.1. The maximum absolute atomic E-state index is 13.7. The average Bonchev–Trinajstić information content (AvgIpc) is 2.87. The molecule has 5 nitrogen and oxygen atoms in total. The van der Waals surface area contributed by atoms with Crippen molar-refractivity contribution in [1.82, 2.24) is 24.9 Å². The number of nitrogens with one attached hydrogen (secondary N) is 1. The van der Waals surface area contributed by atoms with E-state index < -0.39 is 18.7 Å². The summed E-state index contributed by atoms with van der Waals surface area (Å²) in [5.41, 5.74) is 1.47. The van der Waals surface area contributed by atoms with Gasteiger partial charge in [0.2, 0.25) is 5.95 Å². The Kier molecular flexibility index (Phi) is 4.31. The monoisotopic (exact) mass is 305 g/mol. The van der Waals surface area contributed by atoms with Gasteiger partial charge in [-0.3, -0.25) is 4.68 Å². The molecule has 0 aliphatic rings. The molecule has 21 heavy (non-hydrogen) atoms. The fourth-order valence-corrected chi connectivity index (χ4v) is 1.96. The summed E-state index contributed by atoms with van der Waals surface area (Å²) >= 11 is 0. The van der Waals surface area contributed by atoms with Crippen LogP contribution in [0.15, 0.2) is 12.3 Å². The summed E-state index contributed by atoms with van der Waals surface area (Å²) in [7, 11) is 1.50. The van der Waals surface area contributed by atoms with E-state index in [1.165, 1.54) is 19.3 Å². The van der Waals surface area contributed by atoms with Crippen molar-refractivity contribution in [1.29, 1.82) is 0 Å². The van der Waals surface area contributed by atoms with Crippen molar-refractivity contribution in [2.75, 3.05) is 0 Å². The smallest absolute Gasteiger partial charge is 0.307 e. The van der Waals surface area contributed by atoms with E-state index in [1.807, 2.05) is 0 Å². The molecule has 9 heteroatoms. The zero-order valence-electron chi connectivity index (χ0n) is 11.6. The van der Waals surface area contributed by atoms with E-state index in [4.69, 9.17) is 0 Å². The van der Waals surface area contributed by atoms with Crippen LogP contribution in [0.25, 0.3) is 0 Å². The van der Waals surface area contributed by atoms with E-state index in [1.54, 1.807) is 6.92 Å². The minimum Gasteiger partial charge on any atom is -0.307 e. The molecule has 2 rings (SSSR count). The van der Waals surface area contributed by atoms with Crippen molar-refractivity contribution in [3.8, 4) is 0 Å². The first kappa shape index (κ1) is 15.5. The second-order valence-corrected chi connectivity index (χ2v) is 4.70. The molecule has 0 atom stereocenters. The zero-order valence-corrected chi connectivity index (χ0v) is 11.6. The van der Waals surface area contributed by atoms with Crippen LogP contribution in [-0.4, -0.2) is 25.7 Å². The lowest BCUT2D eigenvalue weighted by molar-refractivity contribution is -0.142. The van der Waals surface area contributed by atoms with E-state index in [0.29, 0.717) is 17.0 Å². The highest BCUT2D eigenvalue weighted by Gasteiger charge is 2.28. The van der Waals surface area contributed by atoms with Crippen LogP contribution in [0.2, 0.25) is 0 Å². The van der Waals surface area contributed by atoms with Gasteiger partial charge in [0.05, 0.1) is 11.4 Å². The van der Waals surface area contributed by atoms with Gasteiger partial charge in [-0.05, 0) is 13.0 Å². The van der Waals surface area contributed by atoms with E-state index in [2.05, 4.69) is 15.5 Å². The Morgan fingerprint density at radius 3 is 2.52 bits per heavy atom. The van der Waals surface area contributed by atoms with Crippen LogP contribution in [0.3, 0.4) is 0 Å². The predicted molar refractivity (Wildman–Crippen MR) is 66.7 cm³/mol. The number of alkyl halides is 3. The first-order chi connectivity index (χ1) is 9.76. The van der Waals surface area contributed by atoms with Crippen LogP contribution in [0.1, 0.15) is 17.0 Å². The van der Waals surface area contributed by atoms with Crippen molar-refractivity contribution in [3.63, 3.8) is 0 Å². The third-order valence-corrected chi connectivity index (χ3v) is 2.91. The standard InChI is InChI=1S/C12H15F4N5/c1-8-10(11(13)20(2)18-8)6-17-5-9-3-4-21(19-9)7-12(14,15)16/h3-4,17H,5-7H2,1-2H3. The van der Waals surface area contributed by atoms with E-state index in [9.17, 15) is 17.6 Å². The minimum atomic E-state index is -4.30. The highest BCUT2D eigenvalue weighted by atomic mass is 19.4. The molecule has 0 aromatic carbocycles. The molecule has 0 aliphatic carbocycles. The number of hydrogen-bond donors (Lipinski definition) is 1. The summed E-state index contributed by atoms with van der Waals surface area (Å²) in [5.74, 6) is -0.428. The molecule has 0 amide bonds. The molecule has 2 heterocycles. The third kappa shape index (κ3) is 4.03. The molecule has 2 aromatic heterocycles. The first-order valence-electron chi connectivity index (χ1n) is 6.24. The van der Waals surface area contributed by atoms with Crippen molar-refractivity contribution < 1.29 is 17.6 Å². The number of rotatable bonds is 5. The molecule has 0 spiro atoms. The first-order valence-corrected chi connectivity index (χ1v) is 6.24. The zero-order chi connectivity index (χ0) is 15.6. The number of nitrogens with zero attached hydrogens (tertiary/aromatic N) is 4. The predicted octanol–water partition coefficient (Wildman–Crippen LogP) is 1.92. The molecule has 0 saturated carbocycles. The molecule has 2 aromatic rings. The molecule has 0 aliphatic heterocycles. The lowest BCUT2D eigenvalue weighted by Crippen LogP contribution is -2.19. The van der Waals surface area contributed by atoms with Gasteiger partial charge in [0, 0.05) is 31.9 Å². The second-order valence-electron chi connectivity index (χ2n) is 4.70. The van der Waals surface area contributed by atoms with Crippen LogP contribution in [0.4, 0.5) is 17.6 Å². The Morgan fingerprint density at radius 1 is 1.24 bits per heavy atom. The summed E-state index contributed by atoms with van der Waals surface area (Å²) in [6, 6.07) is 1.49. The highest BCUT2D eigenvalue weighted by molar-refractivity contribution is 5.17. The van der Waals surface area contributed by atoms with Gasteiger partial charge < -0.3 is 5.32 Å². The molecule has 0 fully saturated rings. The Labute approximate surface area is 118 Å². The van der Waals surface area contributed by atoms with Crippen molar-refractivity contribution >= 4 is 0 Å². The number of aryl methyl sites for hydroxylation is 2. The van der Waals surface area contributed by atoms with Gasteiger partial charge >= 0.3 is 6.18 Å². The molecular weight excluding hydrogens is 290 g/mol. The summed E-state index contributed by atoms with van der Waals surface area (Å²) in [6.07, 6.45) is -3.03. The van der Waals surface area contributed by atoms with E-state index >= 15 is 0 Å². The largest absolute Gasteiger partial charge is 0.408 e. The SMILES string of the molecule is Cc1nn(C)c(F)c1CNCc1ccn(CC(F)(F)F)n1. The lowest BCUT2D eigenvalue weighted by Gasteiger charge is -2.05. The van der Waals surface area contributed by atoms with Crippen LogP contribution in [0.5, 0.6) is 0 Å². The highest BCUT2D eigenvalue weighted by Crippen LogP contribution is 2.17. The van der Waals surface area contributed by atoms with Gasteiger partial charge in [-0.2, -0.15) is 27.8 Å². The summed E-state index contributed by atoms with van der Waals surface area (Å²) < 4.78 is 52.2. The van der Waals surface area contributed by atoms with Crippen molar-refractivity contribution in [2.24, 2.45) is 7.05 Å². The molecular formula is C12H15F4N5. The average molecular weight is 305 g/mol. The summed E-state index contributed by atoms with van der Waals surface area (Å²) in [4.78, 5) is 0. The molecule has 0 unspecified atom stereocenters. The van der Waals surface area contributed by atoms with Gasteiger partial charge in [0.25, 0.3) is 0 Å². The Morgan fingerprint density at radius 2 is 1.95 bits per heavy atom. The van der Waals surface area contributed by atoms with Gasteiger partial charge in [0.1, 0.15) is 6.54 Å². The fraction of sp³-hybridized carbons (Fsp3) is 0.500. The molecule has 0 radical (unpaired) electrons. The van der Waals surface area contributed by atoms with E-state index in [-0.39, 0.29) is 13.1 Å². The number of halogens is 4. The lowest BCUT2D eigenvalue weighted by atomic mass is 10.2. The maximum atomic E-state index is 13.7. The molecule has 0 bridgehead atoms. The summed E-state index contributed by atoms with van der Waals surface area (Å²) in [6.45, 7) is 1.05. The molecule has 116 valence electrons.